The highest BCUT2D eigenvalue weighted by Gasteiger charge is 2.19. The Morgan fingerprint density at radius 1 is 1.52 bits per heavy atom. The third-order valence-corrected chi connectivity index (χ3v) is 3.91. The summed E-state index contributed by atoms with van der Waals surface area (Å²) in [6.07, 6.45) is 2.85. The van der Waals surface area contributed by atoms with Gasteiger partial charge in [-0.1, -0.05) is 6.92 Å². The van der Waals surface area contributed by atoms with Crippen molar-refractivity contribution < 1.29 is 17.9 Å². The molecule has 0 aromatic carbocycles. The van der Waals surface area contributed by atoms with E-state index >= 15 is 0 Å². The molecule has 0 aliphatic heterocycles. The summed E-state index contributed by atoms with van der Waals surface area (Å²) in [7, 11) is -2.22. The zero-order valence-corrected chi connectivity index (χ0v) is 13.4. The number of amides is 1. The normalized spacial score (nSPS) is 13.1. The molecule has 8 heteroatoms. The second kappa shape index (κ2) is 7.58. The lowest BCUT2D eigenvalue weighted by atomic mass is 10.2. The number of nitrogens with zero attached hydrogens (tertiary/aromatic N) is 1. The fourth-order valence-electron chi connectivity index (χ4n) is 1.92. The molecule has 0 aliphatic rings. The van der Waals surface area contributed by atoms with Crippen molar-refractivity contribution in [1.82, 2.24) is 9.88 Å². The number of aromatic nitrogens is 1. The molecule has 3 N–H and O–H groups in total. The Kier molecular flexibility index (Phi) is 6.38. The van der Waals surface area contributed by atoms with E-state index in [9.17, 15) is 13.2 Å². The molecule has 0 bridgehead atoms. The van der Waals surface area contributed by atoms with Crippen molar-refractivity contribution in [2.24, 2.45) is 5.14 Å². The molecule has 21 heavy (non-hydrogen) atoms. The molecule has 1 heterocycles. The minimum absolute atomic E-state index is 0.0503. The first-order valence-corrected chi connectivity index (χ1v) is 8.37. The molecule has 0 radical (unpaired) electrons. The van der Waals surface area contributed by atoms with Crippen LogP contribution in [0.4, 0.5) is 0 Å². The minimum atomic E-state index is -3.82. The van der Waals surface area contributed by atoms with Crippen molar-refractivity contribution in [3.05, 3.63) is 18.0 Å². The van der Waals surface area contributed by atoms with Gasteiger partial charge in [-0.3, -0.25) is 4.79 Å². The lowest BCUT2D eigenvalue weighted by Crippen LogP contribution is -2.34. The van der Waals surface area contributed by atoms with Crippen LogP contribution in [0.2, 0.25) is 0 Å². The van der Waals surface area contributed by atoms with Crippen LogP contribution >= 0.6 is 0 Å². The van der Waals surface area contributed by atoms with E-state index in [0.29, 0.717) is 25.3 Å². The number of nitrogens with two attached hydrogens (primary N) is 1. The van der Waals surface area contributed by atoms with Crippen LogP contribution in [0.1, 0.15) is 37.2 Å². The highest BCUT2D eigenvalue weighted by Crippen LogP contribution is 2.14. The molecule has 7 nitrogen and oxygen atoms in total. The van der Waals surface area contributed by atoms with Gasteiger partial charge < -0.3 is 14.6 Å². The van der Waals surface area contributed by atoms with E-state index in [-0.39, 0.29) is 16.8 Å². The lowest BCUT2D eigenvalue weighted by molar-refractivity contribution is 0.0920. The number of sulfonamides is 1. The van der Waals surface area contributed by atoms with Crippen LogP contribution in [0, 0.1) is 0 Å². The number of primary sulfonamides is 1. The summed E-state index contributed by atoms with van der Waals surface area (Å²) >= 11 is 0. The number of aryl methyl sites for hydroxylation is 1. The second-order valence-electron chi connectivity index (χ2n) is 4.96. The summed E-state index contributed by atoms with van der Waals surface area (Å²) in [6, 6.07) is 1.24. The number of ether oxygens (including phenoxy) is 1. The van der Waals surface area contributed by atoms with Gasteiger partial charge in [0.2, 0.25) is 10.0 Å². The molecule has 1 amide bonds. The summed E-state index contributed by atoms with van der Waals surface area (Å²) in [5, 5.41) is 7.93. The van der Waals surface area contributed by atoms with Gasteiger partial charge in [0.1, 0.15) is 10.6 Å². The number of nitrogens with one attached hydrogen (secondary N) is 1. The minimum Gasteiger partial charge on any atom is -0.385 e. The van der Waals surface area contributed by atoms with Gasteiger partial charge in [-0.25, -0.2) is 13.6 Å². The van der Waals surface area contributed by atoms with E-state index in [1.54, 1.807) is 11.7 Å². The predicted molar refractivity (Wildman–Crippen MR) is 79.5 cm³/mol. The van der Waals surface area contributed by atoms with Crippen molar-refractivity contribution in [2.75, 3.05) is 13.7 Å². The van der Waals surface area contributed by atoms with Crippen molar-refractivity contribution in [1.29, 1.82) is 0 Å². The Labute approximate surface area is 125 Å². The van der Waals surface area contributed by atoms with Crippen molar-refractivity contribution in [3.8, 4) is 0 Å². The smallest absolute Gasteiger partial charge is 0.268 e. The summed E-state index contributed by atoms with van der Waals surface area (Å²) in [6.45, 7) is 4.90. The second-order valence-corrected chi connectivity index (χ2v) is 6.52. The standard InChI is InChI=1S/C13H23N3O4S/c1-4-6-16-9-11(21(14,18)19)8-12(16)13(17)15-10(2)5-7-20-3/h8-10H,4-7H2,1-3H3,(H,15,17)(H2,14,18,19). The maximum absolute atomic E-state index is 12.2. The van der Waals surface area contributed by atoms with Gasteiger partial charge >= 0.3 is 0 Å². The van der Waals surface area contributed by atoms with Crippen molar-refractivity contribution >= 4 is 15.9 Å². The Morgan fingerprint density at radius 3 is 2.71 bits per heavy atom. The van der Waals surface area contributed by atoms with E-state index in [2.05, 4.69) is 5.32 Å². The average molecular weight is 317 g/mol. The number of hydrogen-bond acceptors (Lipinski definition) is 4. The predicted octanol–water partition coefficient (Wildman–Crippen LogP) is 0.700. The lowest BCUT2D eigenvalue weighted by Gasteiger charge is -2.14. The molecule has 1 atom stereocenters. The van der Waals surface area contributed by atoms with E-state index in [1.165, 1.54) is 12.3 Å². The van der Waals surface area contributed by atoms with Gasteiger partial charge in [0.15, 0.2) is 0 Å². The van der Waals surface area contributed by atoms with Gasteiger partial charge in [0.25, 0.3) is 5.91 Å². The number of hydrogen-bond donors (Lipinski definition) is 2. The number of methoxy groups -OCH3 is 1. The Morgan fingerprint density at radius 2 is 2.19 bits per heavy atom. The first kappa shape index (κ1) is 17.7. The van der Waals surface area contributed by atoms with E-state index in [1.807, 2.05) is 13.8 Å². The summed E-state index contributed by atoms with van der Waals surface area (Å²) < 4.78 is 29.4. The molecule has 1 aromatic rings. The Hall–Kier alpha value is -1.38. The molecular weight excluding hydrogens is 294 g/mol. The highest BCUT2D eigenvalue weighted by atomic mass is 32.2. The number of rotatable bonds is 8. The summed E-state index contributed by atoms with van der Waals surface area (Å²) in [5.41, 5.74) is 0.296. The van der Waals surface area contributed by atoms with Crippen LogP contribution in [0.5, 0.6) is 0 Å². The quantitative estimate of drug-likeness (QED) is 0.736. The van der Waals surface area contributed by atoms with E-state index in [0.717, 1.165) is 6.42 Å². The maximum Gasteiger partial charge on any atom is 0.268 e. The van der Waals surface area contributed by atoms with Gasteiger partial charge in [-0.2, -0.15) is 0 Å². The topological polar surface area (TPSA) is 103 Å². The highest BCUT2D eigenvalue weighted by molar-refractivity contribution is 7.89. The molecule has 120 valence electrons. The van der Waals surface area contributed by atoms with Crippen LogP contribution in [0.25, 0.3) is 0 Å². The summed E-state index contributed by atoms with van der Waals surface area (Å²) in [5.74, 6) is -0.318. The number of carbonyl (C=O) groups excluding carboxylic acids is 1. The van der Waals surface area contributed by atoms with Gasteiger partial charge in [-0.05, 0) is 25.8 Å². The first-order chi connectivity index (χ1) is 9.79. The Bertz CT molecular complexity index is 580. The molecule has 1 aromatic heterocycles. The molecule has 1 unspecified atom stereocenters. The maximum atomic E-state index is 12.2. The van der Waals surface area contributed by atoms with Gasteiger partial charge in [0, 0.05) is 32.5 Å². The van der Waals surface area contributed by atoms with Crippen LogP contribution < -0.4 is 10.5 Å². The first-order valence-electron chi connectivity index (χ1n) is 6.82. The van der Waals surface area contributed by atoms with Crippen LogP contribution in [0.3, 0.4) is 0 Å². The monoisotopic (exact) mass is 317 g/mol. The Balaban J connectivity index is 2.94. The SMILES string of the molecule is CCCn1cc(S(N)(=O)=O)cc1C(=O)NC(C)CCOC. The van der Waals surface area contributed by atoms with Crippen LogP contribution in [-0.4, -0.2) is 38.7 Å². The van der Waals surface area contributed by atoms with Gasteiger partial charge in [0.05, 0.1) is 0 Å². The fraction of sp³-hybridized carbons (Fsp3) is 0.615. The molecule has 0 saturated heterocycles. The third kappa shape index (κ3) is 5.14. The zero-order valence-electron chi connectivity index (χ0n) is 12.6. The molecular formula is C13H23N3O4S. The van der Waals surface area contributed by atoms with Crippen LogP contribution in [0.15, 0.2) is 17.2 Å². The molecule has 0 aliphatic carbocycles. The third-order valence-electron chi connectivity index (χ3n) is 3.03. The van der Waals surface area contributed by atoms with Crippen molar-refractivity contribution in [3.63, 3.8) is 0 Å². The van der Waals surface area contributed by atoms with E-state index in [4.69, 9.17) is 9.88 Å². The largest absolute Gasteiger partial charge is 0.385 e. The van der Waals surface area contributed by atoms with Gasteiger partial charge in [-0.15, -0.1) is 0 Å². The summed E-state index contributed by atoms with van der Waals surface area (Å²) in [4.78, 5) is 12.2. The fourth-order valence-corrected chi connectivity index (χ4v) is 2.47. The molecule has 1 rings (SSSR count). The van der Waals surface area contributed by atoms with Crippen molar-refractivity contribution in [2.45, 2.75) is 44.2 Å². The zero-order chi connectivity index (χ0) is 16.0. The van der Waals surface area contributed by atoms with Crippen LogP contribution in [-0.2, 0) is 21.3 Å². The average Bonchev–Trinajstić information content (AvgIpc) is 2.81. The molecule has 0 fully saturated rings. The molecule has 0 spiro atoms. The number of carbonyl (C=O) groups is 1. The van der Waals surface area contributed by atoms with E-state index < -0.39 is 10.0 Å². The molecule has 0 saturated carbocycles.